The second-order valence-electron chi connectivity index (χ2n) is 4.87. The Balaban J connectivity index is 2.09. The minimum Gasteiger partial charge on any atom is -0.493 e. The van der Waals surface area contributed by atoms with Gasteiger partial charge in [-0.25, -0.2) is 0 Å². The smallest absolute Gasteiger partial charge is 0.161 e. The molecular weight excluding hydrogens is 242 g/mol. The standard InChI is InChI=1S/C15H23NO3/c1-3-19-15-9-12(6-7-14(15)18-2)10-16-8-4-5-13(16)11-17/h6-7,9,13,17H,3-5,8,10-11H2,1-2H3. The third kappa shape index (κ3) is 3.39. The zero-order chi connectivity index (χ0) is 13.7. The predicted octanol–water partition coefficient (Wildman–Crippen LogP) is 2.05. The van der Waals surface area contributed by atoms with Crippen molar-refractivity contribution >= 4 is 0 Å². The van der Waals surface area contributed by atoms with Gasteiger partial charge in [-0.05, 0) is 44.0 Å². The first kappa shape index (κ1) is 14.2. The maximum Gasteiger partial charge on any atom is 0.161 e. The van der Waals surface area contributed by atoms with Crippen LogP contribution in [0.4, 0.5) is 0 Å². The molecule has 1 unspecified atom stereocenters. The minimum absolute atomic E-state index is 0.245. The molecule has 19 heavy (non-hydrogen) atoms. The Morgan fingerprint density at radius 2 is 2.21 bits per heavy atom. The molecule has 1 N–H and O–H groups in total. The lowest BCUT2D eigenvalue weighted by Gasteiger charge is -2.23. The highest BCUT2D eigenvalue weighted by Crippen LogP contribution is 2.29. The number of benzene rings is 1. The molecule has 2 rings (SSSR count). The van der Waals surface area contributed by atoms with Crippen molar-refractivity contribution in [2.24, 2.45) is 0 Å². The highest BCUT2D eigenvalue weighted by Gasteiger charge is 2.23. The van der Waals surface area contributed by atoms with Gasteiger partial charge in [0.2, 0.25) is 0 Å². The van der Waals surface area contributed by atoms with Crippen molar-refractivity contribution in [1.29, 1.82) is 0 Å². The van der Waals surface area contributed by atoms with E-state index in [0.29, 0.717) is 12.6 Å². The van der Waals surface area contributed by atoms with E-state index < -0.39 is 0 Å². The first-order valence-corrected chi connectivity index (χ1v) is 6.93. The van der Waals surface area contributed by atoms with Crippen LogP contribution in [0.25, 0.3) is 0 Å². The molecular formula is C15H23NO3. The molecule has 1 saturated heterocycles. The average molecular weight is 265 g/mol. The van der Waals surface area contributed by atoms with Gasteiger partial charge in [-0.3, -0.25) is 4.90 Å². The van der Waals surface area contributed by atoms with Crippen molar-refractivity contribution in [2.75, 3.05) is 26.9 Å². The van der Waals surface area contributed by atoms with Crippen LogP contribution in [0.3, 0.4) is 0 Å². The van der Waals surface area contributed by atoms with Gasteiger partial charge in [0.15, 0.2) is 11.5 Å². The van der Waals surface area contributed by atoms with E-state index in [1.165, 1.54) is 12.0 Å². The normalized spacial score (nSPS) is 19.6. The van der Waals surface area contributed by atoms with Gasteiger partial charge in [-0.15, -0.1) is 0 Å². The molecule has 1 aromatic rings. The van der Waals surface area contributed by atoms with Gasteiger partial charge in [0, 0.05) is 12.6 Å². The summed E-state index contributed by atoms with van der Waals surface area (Å²) in [5.74, 6) is 1.56. The van der Waals surface area contributed by atoms with Crippen LogP contribution in [0.1, 0.15) is 25.3 Å². The van der Waals surface area contributed by atoms with E-state index in [4.69, 9.17) is 9.47 Å². The van der Waals surface area contributed by atoms with Crippen LogP contribution < -0.4 is 9.47 Å². The Kier molecular flexibility index (Phi) is 5.05. The van der Waals surface area contributed by atoms with Crippen LogP contribution in [0.2, 0.25) is 0 Å². The quantitative estimate of drug-likeness (QED) is 0.855. The molecule has 106 valence electrons. The van der Waals surface area contributed by atoms with Crippen LogP contribution in [0.5, 0.6) is 11.5 Å². The van der Waals surface area contributed by atoms with Gasteiger partial charge in [0.25, 0.3) is 0 Å². The fraction of sp³-hybridized carbons (Fsp3) is 0.600. The largest absolute Gasteiger partial charge is 0.493 e. The second kappa shape index (κ2) is 6.78. The molecule has 1 aliphatic heterocycles. The molecule has 1 aromatic carbocycles. The topological polar surface area (TPSA) is 41.9 Å². The van der Waals surface area contributed by atoms with Crippen LogP contribution in [-0.4, -0.2) is 42.9 Å². The summed E-state index contributed by atoms with van der Waals surface area (Å²) < 4.78 is 10.9. The Morgan fingerprint density at radius 1 is 1.37 bits per heavy atom. The molecule has 0 aliphatic carbocycles. The fourth-order valence-electron chi connectivity index (χ4n) is 2.63. The SMILES string of the molecule is CCOc1cc(CN2CCCC2CO)ccc1OC. The Morgan fingerprint density at radius 3 is 2.89 bits per heavy atom. The Labute approximate surface area is 114 Å². The molecule has 0 amide bonds. The number of aliphatic hydroxyl groups excluding tert-OH is 1. The lowest BCUT2D eigenvalue weighted by molar-refractivity contribution is 0.153. The number of likely N-dealkylation sites (tertiary alicyclic amines) is 1. The van der Waals surface area contributed by atoms with Crippen LogP contribution in [-0.2, 0) is 6.54 Å². The van der Waals surface area contributed by atoms with Crippen LogP contribution in [0, 0.1) is 0 Å². The summed E-state index contributed by atoms with van der Waals surface area (Å²) in [6, 6.07) is 6.35. The van der Waals surface area contributed by atoms with Gasteiger partial charge in [-0.2, -0.15) is 0 Å². The maximum absolute atomic E-state index is 9.35. The number of ether oxygens (including phenoxy) is 2. The lowest BCUT2D eigenvalue weighted by Crippen LogP contribution is -2.31. The molecule has 0 aromatic heterocycles. The van der Waals surface area contributed by atoms with Crippen molar-refractivity contribution in [3.63, 3.8) is 0 Å². The van der Waals surface area contributed by atoms with Crippen molar-refractivity contribution < 1.29 is 14.6 Å². The Hall–Kier alpha value is -1.26. The van der Waals surface area contributed by atoms with Gasteiger partial charge in [-0.1, -0.05) is 6.07 Å². The van der Waals surface area contributed by atoms with Crippen molar-refractivity contribution in [1.82, 2.24) is 4.90 Å². The zero-order valence-electron chi connectivity index (χ0n) is 11.8. The average Bonchev–Trinajstić information content (AvgIpc) is 2.87. The molecule has 1 fully saturated rings. The summed E-state index contributed by atoms with van der Waals surface area (Å²) in [4.78, 5) is 2.33. The van der Waals surface area contributed by atoms with E-state index in [-0.39, 0.29) is 6.61 Å². The lowest BCUT2D eigenvalue weighted by atomic mass is 10.1. The molecule has 0 radical (unpaired) electrons. The summed E-state index contributed by atoms with van der Waals surface area (Å²) in [5, 5.41) is 9.35. The van der Waals surface area contributed by atoms with E-state index in [2.05, 4.69) is 11.0 Å². The monoisotopic (exact) mass is 265 g/mol. The maximum atomic E-state index is 9.35. The first-order valence-electron chi connectivity index (χ1n) is 6.93. The predicted molar refractivity (Wildman–Crippen MR) is 74.7 cm³/mol. The van der Waals surface area contributed by atoms with E-state index in [1.807, 2.05) is 19.1 Å². The number of aliphatic hydroxyl groups is 1. The number of hydrogen-bond acceptors (Lipinski definition) is 4. The van der Waals surface area contributed by atoms with E-state index in [1.54, 1.807) is 7.11 Å². The number of nitrogens with zero attached hydrogens (tertiary/aromatic N) is 1. The number of hydrogen-bond donors (Lipinski definition) is 1. The first-order chi connectivity index (χ1) is 9.28. The van der Waals surface area contributed by atoms with Crippen molar-refractivity contribution in [3.05, 3.63) is 23.8 Å². The zero-order valence-corrected chi connectivity index (χ0v) is 11.8. The summed E-state index contributed by atoms with van der Waals surface area (Å²) in [6.07, 6.45) is 2.25. The van der Waals surface area contributed by atoms with Crippen LogP contribution >= 0.6 is 0 Å². The molecule has 4 heteroatoms. The molecule has 0 bridgehead atoms. The fourth-order valence-corrected chi connectivity index (χ4v) is 2.63. The van der Waals surface area contributed by atoms with Crippen molar-refractivity contribution in [3.8, 4) is 11.5 Å². The van der Waals surface area contributed by atoms with E-state index >= 15 is 0 Å². The summed E-state index contributed by atoms with van der Waals surface area (Å²) in [7, 11) is 1.65. The molecule has 1 atom stereocenters. The third-order valence-corrected chi connectivity index (χ3v) is 3.62. The molecule has 0 saturated carbocycles. The third-order valence-electron chi connectivity index (χ3n) is 3.62. The van der Waals surface area contributed by atoms with Gasteiger partial charge >= 0.3 is 0 Å². The van der Waals surface area contributed by atoms with Gasteiger partial charge < -0.3 is 14.6 Å². The van der Waals surface area contributed by atoms with Gasteiger partial charge in [0.05, 0.1) is 20.3 Å². The second-order valence-corrected chi connectivity index (χ2v) is 4.87. The van der Waals surface area contributed by atoms with Crippen molar-refractivity contribution in [2.45, 2.75) is 32.4 Å². The van der Waals surface area contributed by atoms with Gasteiger partial charge in [0.1, 0.15) is 0 Å². The minimum atomic E-state index is 0.245. The highest BCUT2D eigenvalue weighted by molar-refractivity contribution is 5.43. The highest BCUT2D eigenvalue weighted by atomic mass is 16.5. The van der Waals surface area contributed by atoms with Crippen LogP contribution in [0.15, 0.2) is 18.2 Å². The molecule has 0 spiro atoms. The van der Waals surface area contributed by atoms with E-state index in [9.17, 15) is 5.11 Å². The summed E-state index contributed by atoms with van der Waals surface area (Å²) in [6.45, 7) is 4.75. The molecule has 1 aliphatic rings. The van der Waals surface area contributed by atoms with E-state index in [0.717, 1.165) is 31.0 Å². The molecule has 4 nitrogen and oxygen atoms in total. The Bertz CT molecular complexity index is 408. The summed E-state index contributed by atoms with van der Waals surface area (Å²) >= 11 is 0. The number of rotatable bonds is 6. The summed E-state index contributed by atoms with van der Waals surface area (Å²) in [5.41, 5.74) is 1.20. The number of methoxy groups -OCH3 is 1. The molecule has 1 heterocycles.